The van der Waals surface area contributed by atoms with Gasteiger partial charge in [-0.2, -0.15) is 0 Å². The van der Waals surface area contributed by atoms with Crippen LogP contribution in [0.5, 0.6) is 5.75 Å². The number of hydrogen-bond acceptors (Lipinski definition) is 2. The maximum atomic E-state index is 12.2. The Kier molecular flexibility index (Phi) is 3.36. The summed E-state index contributed by atoms with van der Waals surface area (Å²) >= 11 is 6.14. The number of carbonyl (C=O) groups excluding carboxylic acids is 1. The van der Waals surface area contributed by atoms with Crippen molar-refractivity contribution in [3.05, 3.63) is 59.1 Å². The van der Waals surface area contributed by atoms with Gasteiger partial charge >= 0.3 is 0 Å². The fraction of sp³-hybridized carbons (Fsp3) is 0.188. The van der Waals surface area contributed by atoms with Gasteiger partial charge in [0, 0.05) is 10.9 Å². The highest BCUT2D eigenvalue weighted by Gasteiger charge is 2.44. The summed E-state index contributed by atoms with van der Waals surface area (Å²) in [6, 6.07) is 14.3. The van der Waals surface area contributed by atoms with Crippen molar-refractivity contribution in [2.75, 3.05) is 5.32 Å². The van der Waals surface area contributed by atoms with Gasteiger partial charge in [0.05, 0.1) is 5.69 Å². The quantitative estimate of drug-likeness (QED) is 0.844. The predicted octanol–water partition coefficient (Wildman–Crippen LogP) is 3.79. The molecule has 1 amide bonds. The minimum atomic E-state index is -0.0745. The Morgan fingerprint density at radius 3 is 2.60 bits per heavy atom. The number of phenolic OH excluding ortho intramolecular Hbond substituents is 1. The summed E-state index contributed by atoms with van der Waals surface area (Å²) < 4.78 is 0. The zero-order chi connectivity index (χ0) is 14.1. The van der Waals surface area contributed by atoms with Crippen LogP contribution < -0.4 is 5.32 Å². The molecule has 2 unspecified atom stereocenters. The van der Waals surface area contributed by atoms with E-state index < -0.39 is 0 Å². The molecule has 2 aromatic rings. The highest BCUT2D eigenvalue weighted by molar-refractivity contribution is 6.31. The molecule has 3 rings (SSSR count). The van der Waals surface area contributed by atoms with Crippen molar-refractivity contribution < 1.29 is 9.90 Å². The molecule has 2 atom stereocenters. The van der Waals surface area contributed by atoms with Crippen molar-refractivity contribution in [2.45, 2.75) is 12.3 Å². The van der Waals surface area contributed by atoms with Gasteiger partial charge in [-0.25, -0.2) is 0 Å². The molecule has 1 aliphatic carbocycles. The monoisotopic (exact) mass is 287 g/mol. The average molecular weight is 288 g/mol. The standard InChI is InChI=1S/C16H14ClNO2/c17-13-6-2-1-5-10(13)11-9-12(11)16(20)18-14-7-3-4-8-15(14)19/h1-8,11-12,19H,9H2,(H,18,20). The molecule has 0 aromatic heterocycles. The second-order valence-corrected chi connectivity index (χ2v) is 5.38. The second-order valence-electron chi connectivity index (χ2n) is 4.98. The number of benzene rings is 2. The lowest BCUT2D eigenvalue weighted by Gasteiger charge is -2.07. The first-order valence-corrected chi connectivity index (χ1v) is 6.88. The molecule has 0 bridgehead atoms. The first-order chi connectivity index (χ1) is 9.66. The number of nitrogens with one attached hydrogen (secondary N) is 1. The summed E-state index contributed by atoms with van der Waals surface area (Å²) in [5.74, 6) is 0.108. The van der Waals surface area contributed by atoms with E-state index in [0.717, 1.165) is 12.0 Å². The van der Waals surface area contributed by atoms with Crippen LogP contribution in [-0.4, -0.2) is 11.0 Å². The smallest absolute Gasteiger partial charge is 0.228 e. The molecule has 1 aliphatic rings. The molecule has 1 fully saturated rings. The number of halogens is 1. The highest BCUT2D eigenvalue weighted by atomic mass is 35.5. The Bertz CT molecular complexity index is 656. The first-order valence-electron chi connectivity index (χ1n) is 6.50. The Hall–Kier alpha value is -2.00. The van der Waals surface area contributed by atoms with Crippen molar-refractivity contribution in [3.8, 4) is 5.75 Å². The molecule has 1 saturated carbocycles. The van der Waals surface area contributed by atoms with Gasteiger partial charge in [-0.3, -0.25) is 4.79 Å². The van der Waals surface area contributed by atoms with Crippen LogP contribution in [0.15, 0.2) is 48.5 Å². The van der Waals surface area contributed by atoms with Gasteiger partial charge < -0.3 is 10.4 Å². The van der Waals surface area contributed by atoms with E-state index in [9.17, 15) is 9.90 Å². The zero-order valence-electron chi connectivity index (χ0n) is 10.7. The van der Waals surface area contributed by atoms with Crippen molar-refractivity contribution in [1.29, 1.82) is 0 Å². The van der Waals surface area contributed by atoms with Gasteiger partial charge in [0.15, 0.2) is 0 Å². The maximum absolute atomic E-state index is 12.2. The number of rotatable bonds is 3. The lowest BCUT2D eigenvalue weighted by Crippen LogP contribution is -2.14. The summed E-state index contributed by atoms with van der Waals surface area (Å²) in [5.41, 5.74) is 1.47. The van der Waals surface area contributed by atoms with Crippen molar-refractivity contribution in [1.82, 2.24) is 0 Å². The molecule has 0 heterocycles. The number of anilines is 1. The van der Waals surface area contributed by atoms with E-state index in [1.54, 1.807) is 24.3 Å². The summed E-state index contributed by atoms with van der Waals surface area (Å²) in [4.78, 5) is 12.2. The van der Waals surface area contributed by atoms with Crippen LogP contribution in [0.1, 0.15) is 17.9 Å². The highest BCUT2D eigenvalue weighted by Crippen LogP contribution is 2.50. The van der Waals surface area contributed by atoms with Crippen LogP contribution in [-0.2, 0) is 4.79 Å². The van der Waals surface area contributed by atoms with Gasteiger partial charge in [-0.15, -0.1) is 0 Å². The van der Waals surface area contributed by atoms with E-state index in [-0.39, 0.29) is 23.5 Å². The average Bonchev–Trinajstić information content (AvgIpc) is 3.22. The third-order valence-corrected chi connectivity index (χ3v) is 3.94. The van der Waals surface area contributed by atoms with Crippen molar-refractivity contribution in [2.24, 2.45) is 5.92 Å². The number of para-hydroxylation sites is 2. The Balaban J connectivity index is 1.69. The molecule has 2 N–H and O–H groups in total. The lowest BCUT2D eigenvalue weighted by atomic mass is 10.1. The van der Waals surface area contributed by atoms with E-state index in [1.807, 2.05) is 24.3 Å². The van der Waals surface area contributed by atoms with Gasteiger partial charge in [0.25, 0.3) is 0 Å². The van der Waals surface area contributed by atoms with Gasteiger partial charge in [-0.05, 0) is 36.1 Å². The van der Waals surface area contributed by atoms with Crippen molar-refractivity contribution >= 4 is 23.2 Å². The fourth-order valence-corrected chi connectivity index (χ4v) is 2.68. The minimum absolute atomic E-state index is 0.0728. The van der Waals surface area contributed by atoms with Crippen LogP contribution in [0, 0.1) is 5.92 Å². The maximum Gasteiger partial charge on any atom is 0.228 e. The van der Waals surface area contributed by atoms with E-state index in [4.69, 9.17) is 11.6 Å². The minimum Gasteiger partial charge on any atom is -0.506 e. The Morgan fingerprint density at radius 1 is 1.15 bits per heavy atom. The molecule has 2 aromatic carbocycles. The number of phenols is 1. The molecule has 0 spiro atoms. The molecule has 0 aliphatic heterocycles. The molecule has 0 radical (unpaired) electrons. The molecular formula is C16H14ClNO2. The first kappa shape index (κ1) is 13.0. The van der Waals surface area contributed by atoms with Gasteiger partial charge in [-0.1, -0.05) is 41.9 Å². The third kappa shape index (κ3) is 2.49. The van der Waals surface area contributed by atoms with Crippen LogP contribution in [0.4, 0.5) is 5.69 Å². The number of carbonyl (C=O) groups is 1. The third-order valence-electron chi connectivity index (χ3n) is 3.59. The van der Waals surface area contributed by atoms with Crippen LogP contribution in [0.2, 0.25) is 5.02 Å². The van der Waals surface area contributed by atoms with E-state index >= 15 is 0 Å². The summed E-state index contributed by atoms with van der Waals surface area (Å²) in [6.07, 6.45) is 0.795. The van der Waals surface area contributed by atoms with Crippen LogP contribution in [0.3, 0.4) is 0 Å². The molecule has 0 saturated heterocycles. The predicted molar refractivity (Wildman–Crippen MR) is 79.0 cm³/mol. The van der Waals surface area contributed by atoms with Crippen molar-refractivity contribution in [3.63, 3.8) is 0 Å². The number of amides is 1. The Labute approximate surface area is 122 Å². The van der Waals surface area contributed by atoms with Crippen LogP contribution >= 0.6 is 11.6 Å². The normalized spacial score (nSPS) is 20.4. The topological polar surface area (TPSA) is 49.3 Å². The largest absolute Gasteiger partial charge is 0.506 e. The zero-order valence-corrected chi connectivity index (χ0v) is 11.5. The number of aromatic hydroxyl groups is 1. The summed E-state index contributed by atoms with van der Waals surface area (Å²) in [7, 11) is 0. The second kappa shape index (κ2) is 5.17. The summed E-state index contributed by atoms with van der Waals surface area (Å²) in [5, 5.41) is 13.1. The molecule has 20 heavy (non-hydrogen) atoms. The van der Waals surface area contributed by atoms with Gasteiger partial charge in [0.1, 0.15) is 5.75 Å². The molecule has 102 valence electrons. The Morgan fingerprint density at radius 2 is 1.85 bits per heavy atom. The number of hydrogen-bond donors (Lipinski definition) is 2. The molecule has 3 nitrogen and oxygen atoms in total. The molecule has 4 heteroatoms. The fourth-order valence-electron chi connectivity index (χ4n) is 2.41. The van der Waals surface area contributed by atoms with Gasteiger partial charge in [0.2, 0.25) is 5.91 Å². The lowest BCUT2D eigenvalue weighted by molar-refractivity contribution is -0.117. The van der Waals surface area contributed by atoms with Crippen LogP contribution in [0.25, 0.3) is 0 Å². The van der Waals surface area contributed by atoms with E-state index in [2.05, 4.69) is 5.32 Å². The van der Waals surface area contributed by atoms with E-state index in [1.165, 1.54) is 0 Å². The molecular weight excluding hydrogens is 274 g/mol. The van der Waals surface area contributed by atoms with E-state index in [0.29, 0.717) is 10.7 Å². The summed E-state index contributed by atoms with van der Waals surface area (Å²) in [6.45, 7) is 0. The SMILES string of the molecule is O=C(Nc1ccccc1O)C1CC1c1ccccc1Cl.